The third-order valence-electron chi connectivity index (χ3n) is 10.3. The Kier molecular flexibility index (Phi) is 5.44. The molecule has 5 rings (SSSR count). The summed E-state index contributed by atoms with van der Waals surface area (Å²) >= 11 is 0. The summed E-state index contributed by atoms with van der Waals surface area (Å²) in [6.07, 6.45) is 9.94. The Morgan fingerprint density at radius 2 is 1.75 bits per heavy atom. The lowest BCUT2D eigenvalue weighted by atomic mass is 9.44. The molecule has 0 spiro atoms. The Labute approximate surface area is 193 Å². The van der Waals surface area contributed by atoms with E-state index in [0.29, 0.717) is 23.2 Å². The number of fused-ring (bicyclic) bond motifs is 5. The van der Waals surface area contributed by atoms with Crippen molar-refractivity contribution in [3.05, 3.63) is 35.9 Å². The number of hydrogen-bond acceptors (Lipinski definition) is 3. The molecule has 8 atom stereocenters. The van der Waals surface area contributed by atoms with Gasteiger partial charge in [0.15, 0.2) is 0 Å². The molecule has 0 radical (unpaired) electrons. The third kappa shape index (κ3) is 3.41. The predicted molar refractivity (Wildman–Crippen MR) is 126 cm³/mol. The van der Waals surface area contributed by atoms with Gasteiger partial charge >= 0.3 is 5.97 Å². The Morgan fingerprint density at radius 1 is 1.00 bits per heavy atom. The van der Waals surface area contributed by atoms with Crippen LogP contribution in [0.2, 0.25) is 0 Å². The standard InChI is InChI=1S/C29H38O3/c1-20(30)32-23-12-15-27(2)22(19-23)9-10-24-25(27)13-16-28(3)26(24)14-18-29(28,31)17-11-21-7-5-4-6-8-21/h4-8,22-26,31H,9-10,12-16,18-19H2,1-3H3/t22-,23+,24+,25-,26-,27-,28-,29+/m0/s1. The monoisotopic (exact) mass is 434 g/mol. The van der Waals surface area contributed by atoms with Crippen molar-refractivity contribution in [3.8, 4) is 11.8 Å². The molecule has 4 aliphatic carbocycles. The molecule has 1 aromatic rings. The molecule has 0 heterocycles. The average molecular weight is 435 g/mol. The van der Waals surface area contributed by atoms with E-state index < -0.39 is 5.60 Å². The van der Waals surface area contributed by atoms with E-state index in [1.54, 1.807) is 0 Å². The number of hydrogen-bond donors (Lipinski definition) is 1. The molecule has 1 aromatic carbocycles. The highest BCUT2D eigenvalue weighted by molar-refractivity contribution is 5.66. The highest BCUT2D eigenvalue weighted by Crippen LogP contribution is 2.68. The minimum Gasteiger partial charge on any atom is -0.463 e. The van der Waals surface area contributed by atoms with Crippen molar-refractivity contribution in [2.45, 2.75) is 90.3 Å². The molecule has 0 aliphatic heterocycles. The van der Waals surface area contributed by atoms with Gasteiger partial charge in [0.2, 0.25) is 0 Å². The van der Waals surface area contributed by atoms with Gasteiger partial charge in [-0.15, -0.1) is 0 Å². The molecular weight excluding hydrogens is 396 g/mol. The highest BCUT2D eigenvalue weighted by atomic mass is 16.5. The number of rotatable bonds is 1. The van der Waals surface area contributed by atoms with Gasteiger partial charge in [-0.25, -0.2) is 0 Å². The molecule has 0 aromatic heterocycles. The van der Waals surface area contributed by atoms with Gasteiger partial charge in [-0.05, 0) is 99.0 Å². The number of aliphatic hydroxyl groups is 1. The molecule has 0 bridgehead atoms. The smallest absolute Gasteiger partial charge is 0.302 e. The Morgan fingerprint density at radius 3 is 2.50 bits per heavy atom. The van der Waals surface area contributed by atoms with Gasteiger partial charge in [-0.1, -0.05) is 43.9 Å². The van der Waals surface area contributed by atoms with Gasteiger partial charge in [-0.2, -0.15) is 0 Å². The summed E-state index contributed by atoms with van der Waals surface area (Å²) in [5.41, 5.74) is 0.327. The van der Waals surface area contributed by atoms with Crippen LogP contribution in [0.25, 0.3) is 0 Å². The normalized spacial score (nSPS) is 44.9. The zero-order chi connectivity index (χ0) is 22.6. The summed E-state index contributed by atoms with van der Waals surface area (Å²) in [5, 5.41) is 11.8. The minimum absolute atomic E-state index is 0.112. The van der Waals surface area contributed by atoms with Crippen LogP contribution in [-0.2, 0) is 9.53 Å². The summed E-state index contributed by atoms with van der Waals surface area (Å²) in [6, 6.07) is 10.1. The molecule has 4 fully saturated rings. The lowest BCUT2D eigenvalue weighted by molar-refractivity contribution is -0.163. The van der Waals surface area contributed by atoms with Crippen LogP contribution in [0.3, 0.4) is 0 Å². The van der Waals surface area contributed by atoms with Crippen LogP contribution in [0.5, 0.6) is 0 Å². The van der Waals surface area contributed by atoms with E-state index in [2.05, 4.69) is 25.7 Å². The fourth-order valence-electron chi connectivity index (χ4n) is 8.48. The van der Waals surface area contributed by atoms with Crippen LogP contribution >= 0.6 is 0 Å². The first kappa shape index (κ1) is 22.0. The molecule has 3 heteroatoms. The van der Waals surface area contributed by atoms with Crippen LogP contribution in [0.4, 0.5) is 0 Å². The summed E-state index contributed by atoms with van der Waals surface area (Å²) in [7, 11) is 0. The van der Waals surface area contributed by atoms with Crippen molar-refractivity contribution >= 4 is 5.97 Å². The first-order valence-corrected chi connectivity index (χ1v) is 12.7. The maximum atomic E-state index is 11.8. The molecule has 172 valence electrons. The maximum Gasteiger partial charge on any atom is 0.302 e. The van der Waals surface area contributed by atoms with Gasteiger partial charge in [0, 0.05) is 17.9 Å². The van der Waals surface area contributed by atoms with E-state index in [0.717, 1.165) is 50.0 Å². The van der Waals surface area contributed by atoms with Crippen molar-refractivity contribution in [1.82, 2.24) is 0 Å². The molecule has 4 saturated carbocycles. The Hall–Kier alpha value is -1.79. The van der Waals surface area contributed by atoms with E-state index in [4.69, 9.17) is 4.74 Å². The van der Waals surface area contributed by atoms with E-state index >= 15 is 0 Å². The first-order valence-electron chi connectivity index (χ1n) is 12.7. The second-order valence-electron chi connectivity index (χ2n) is 11.6. The van der Waals surface area contributed by atoms with Crippen LogP contribution in [-0.4, -0.2) is 22.8 Å². The first-order chi connectivity index (χ1) is 15.3. The van der Waals surface area contributed by atoms with Gasteiger partial charge < -0.3 is 9.84 Å². The van der Waals surface area contributed by atoms with E-state index in [9.17, 15) is 9.90 Å². The number of carbonyl (C=O) groups excluding carboxylic acids is 1. The predicted octanol–water partition coefficient (Wildman–Crippen LogP) is 5.74. The summed E-state index contributed by atoms with van der Waals surface area (Å²) in [4.78, 5) is 11.5. The van der Waals surface area contributed by atoms with Gasteiger partial charge in [0.25, 0.3) is 0 Å². The molecule has 3 nitrogen and oxygen atoms in total. The van der Waals surface area contributed by atoms with E-state index in [-0.39, 0.29) is 17.5 Å². The van der Waals surface area contributed by atoms with Crippen molar-refractivity contribution in [2.75, 3.05) is 0 Å². The van der Waals surface area contributed by atoms with E-state index in [1.807, 2.05) is 30.3 Å². The lowest BCUT2D eigenvalue weighted by Gasteiger charge is -2.61. The van der Waals surface area contributed by atoms with Crippen LogP contribution in [0.15, 0.2) is 30.3 Å². The fourth-order valence-corrected chi connectivity index (χ4v) is 8.48. The Balaban J connectivity index is 1.36. The van der Waals surface area contributed by atoms with Crippen molar-refractivity contribution in [3.63, 3.8) is 0 Å². The molecule has 32 heavy (non-hydrogen) atoms. The minimum atomic E-state index is -0.886. The SMILES string of the molecule is CC(=O)O[C@@H]1CC[C@@]2(C)[C@@H](CC[C@@H]3[C@@H]2CC[C@@]2(C)[C@H]3CC[C@]2(O)C#Cc2ccccc2)C1. The molecule has 0 unspecified atom stereocenters. The summed E-state index contributed by atoms with van der Waals surface area (Å²) in [6.45, 7) is 6.39. The third-order valence-corrected chi connectivity index (χ3v) is 10.3. The Bertz CT molecular complexity index is 929. The van der Waals surface area contributed by atoms with Gasteiger partial charge in [0.1, 0.15) is 11.7 Å². The largest absolute Gasteiger partial charge is 0.463 e. The second kappa shape index (κ2) is 7.91. The molecule has 1 N–H and O–H groups in total. The van der Waals surface area contributed by atoms with Crippen LogP contribution in [0.1, 0.15) is 84.1 Å². The summed E-state index contributed by atoms with van der Waals surface area (Å²) < 4.78 is 5.61. The van der Waals surface area contributed by atoms with Crippen LogP contribution < -0.4 is 0 Å². The van der Waals surface area contributed by atoms with Crippen molar-refractivity contribution < 1.29 is 14.6 Å². The fraction of sp³-hybridized carbons (Fsp3) is 0.690. The molecule has 0 amide bonds. The molecular formula is C29H38O3. The van der Waals surface area contributed by atoms with Gasteiger partial charge in [0.05, 0.1) is 0 Å². The molecule has 0 saturated heterocycles. The zero-order valence-electron chi connectivity index (χ0n) is 19.9. The number of carbonyl (C=O) groups is 1. The van der Waals surface area contributed by atoms with Crippen LogP contribution in [0, 0.1) is 46.3 Å². The lowest BCUT2D eigenvalue weighted by Crippen LogP contribution is -2.56. The number of ether oxygens (including phenoxy) is 1. The highest BCUT2D eigenvalue weighted by Gasteiger charge is 2.64. The van der Waals surface area contributed by atoms with Gasteiger partial charge in [-0.3, -0.25) is 4.79 Å². The zero-order valence-corrected chi connectivity index (χ0v) is 19.9. The van der Waals surface area contributed by atoms with E-state index in [1.165, 1.54) is 26.2 Å². The maximum absolute atomic E-state index is 11.8. The quantitative estimate of drug-likeness (QED) is 0.453. The number of benzene rings is 1. The summed E-state index contributed by atoms with van der Waals surface area (Å²) in [5.74, 6) is 9.13. The number of esters is 1. The second-order valence-corrected chi connectivity index (χ2v) is 11.6. The average Bonchev–Trinajstić information content (AvgIpc) is 3.04. The van der Waals surface area contributed by atoms with Crippen molar-refractivity contribution in [2.24, 2.45) is 34.5 Å². The molecule has 4 aliphatic rings. The topological polar surface area (TPSA) is 46.5 Å². The van der Waals surface area contributed by atoms with Crippen molar-refractivity contribution in [1.29, 1.82) is 0 Å².